The zero-order chi connectivity index (χ0) is 11.4. The van der Waals surface area contributed by atoms with E-state index in [1.807, 2.05) is 0 Å². The number of hydrogen-bond acceptors (Lipinski definition) is 2. The Morgan fingerprint density at radius 3 is 2.88 bits per heavy atom. The second-order valence-corrected chi connectivity index (χ2v) is 5.59. The van der Waals surface area contributed by atoms with Gasteiger partial charge >= 0.3 is 0 Å². The Bertz CT molecular complexity index is 236. The monoisotopic (exact) mass is 224 g/mol. The molecule has 2 fully saturated rings. The SMILES string of the molecule is CC1CCC(CNC(=O)CC2CCCN2)C1. The summed E-state index contributed by atoms with van der Waals surface area (Å²) in [6, 6.07) is 0.433. The highest BCUT2D eigenvalue weighted by Gasteiger charge is 2.22. The van der Waals surface area contributed by atoms with Gasteiger partial charge in [0.2, 0.25) is 5.91 Å². The summed E-state index contributed by atoms with van der Waals surface area (Å²) in [6.45, 7) is 4.29. The quantitative estimate of drug-likeness (QED) is 0.763. The lowest BCUT2D eigenvalue weighted by Gasteiger charge is -2.13. The second-order valence-electron chi connectivity index (χ2n) is 5.59. The number of carbonyl (C=O) groups is 1. The minimum atomic E-state index is 0.235. The van der Waals surface area contributed by atoms with Crippen LogP contribution in [-0.4, -0.2) is 25.0 Å². The van der Waals surface area contributed by atoms with E-state index in [1.54, 1.807) is 0 Å². The van der Waals surface area contributed by atoms with Crippen LogP contribution < -0.4 is 10.6 Å². The summed E-state index contributed by atoms with van der Waals surface area (Å²) in [5.74, 6) is 1.83. The fourth-order valence-corrected chi connectivity index (χ4v) is 3.00. The van der Waals surface area contributed by atoms with E-state index in [2.05, 4.69) is 17.6 Å². The molecule has 3 heteroatoms. The number of rotatable bonds is 4. The van der Waals surface area contributed by atoms with Gasteiger partial charge in [0.15, 0.2) is 0 Å². The van der Waals surface area contributed by atoms with Gasteiger partial charge in [0.05, 0.1) is 0 Å². The van der Waals surface area contributed by atoms with Gasteiger partial charge in [0.25, 0.3) is 0 Å². The third kappa shape index (κ3) is 3.48. The zero-order valence-electron chi connectivity index (χ0n) is 10.3. The lowest BCUT2D eigenvalue weighted by molar-refractivity contribution is -0.121. The van der Waals surface area contributed by atoms with Crippen molar-refractivity contribution in [1.82, 2.24) is 10.6 Å². The average Bonchev–Trinajstić information content (AvgIpc) is 2.87. The van der Waals surface area contributed by atoms with Crippen LogP contribution in [0.2, 0.25) is 0 Å². The van der Waals surface area contributed by atoms with Crippen LogP contribution in [0, 0.1) is 11.8 Å². The molecule has 0 aromatic rings. The van der Waals surface area contributed by atoms with E-state index in [-0.39, 0.29) is 5.91 Å². The van der Waals surface area contributed by atoms with Crippen molar-refractivity contribution in [2.45, 2.75) is 51.5 Å². The summed E-state index contributed by atoms with van der Waals surface area (Å²) in [5.41, 5.74) is 0. The predicted molar refractivity (Wildman–Crippen MR) is 65.2 cm³/mol. The normalized spacial score (nSPS) is 34.2. The average molecular weight is 224 g/mol. The Morgan fingerprint density at radius 2 is 2.25 bits per heavy atom. The largest absolute Gasteiger partial charge is 0.356 e. The van der Waals surface area contributed by atoms with Gasteiger partial charge in [-0.15, -0.1) is 0 Å². The Hall–Kier alpha value is -0.570. The third-order valence-electron chi connectivity index (χ3n) is 3.99. The van der Waals surface area contributed by atoms with Gasteiger partial charge in [0.1, 0.15) is 0 Å². The van der Waals surface area contributed by atoms with Crippen molar-refractivity contribution in [1.29, 1.82) is 0 Å². The Balaban J connectivity index is 1.60. The smallest absolute Gasteiger partial charge is 0.221 e. The lowest BCUT2D eigenvalue weighted by atomic mass is 10.1. The van der Waals surface area contributed by atoms with Gasteiger partial charge in [0, 0.05) is 19.0 Å². The van der Waals surface area contributed by atoms with Crippen LogP contribution >= 0.6 is 0 Å². The molecule has 1 saturated carbocycles. The highest BCUT2D eigenvalue weighted by atomic mass is 16.1. The number of carbonyl (C=O) groups excluding carboxylic acids is 1. The molecule has 3 unspecified atom stereocenters. The van der Waals surface area contributed by atoms with Crippen LogP contribution in [0.25, 0.3) is 0 Å². The molecule has 0 spiro atoms. The summed E-state index contributed by atoms with van der Waals surface area (Å²) in [6.07, 6.45) is 6.98. The van der Waals surface area contributed by atoms with Crippen molar-refractivity contribution in [2.24, 2.45) is 11.8 Å². The summed E-state index contributed by atoms with van der Waals surface area (Å²) in [7, 11) is 0. The minimum absolute atomic E-state index is 0.235. The molecule has 1 aliphatic carbocycles. The highest BCUT2D eigenvalue weighted by Crippen LogP contribution is 2.29. The van der Waals surface area contributed by atoms with Crippen LogP contribution in [0.3, 0.4) is 0 Å². The van der Waals surface area contributed by atoms with Crippen molar-refractivity contribution >= 4 is 5.91 Å². The molecule has 1 saturated heterocycles. The van der Waals surface area contributed by atoms with E-state index in [4.69, 9.17) is 0 Å². The van der Waals surface area contributed by atoms with Gasteiger partial charge in [-0.25, -0.2) is 0 Å². The molecule has 2 rings (SSSR count). The Morgan fingerprint density at radius 1 is 1.38 bits per heavy atom. The predicted octanol–water partition coefficient (Wildman–Crippen LogP) is 1.68. The third-order valence-corrected chi connectivity index (χ3v) is 3.99. The number of nitrogens with one attached hydrogen (secondary N) is 2. The van der Waals surface area contributed by atoms with Gasteiger partial charge in [-0.1, -0.05) is 13.3 Å². The first kappa shape index (κ1) is 11.9. The van der Waals surface area contributed by atoms with Crippen molar-refractivity contribution in [3.8, 4) is 0 Å². The van der Waals surface area contributed by atoms with E-state index in [1.165, 1.54) is 25.7 Å². The first-order valence-corrected chi connectivity index (χ1v) is 6.74. The summed E-state index contributed by atoms with van der Waals surface area (Å²) >= 11 is 0. The van der Waals surface area contributed by atoms with Crippen LogP contribution in [0.5, 0.6) is 0 Å². The molecule has 3 nitrogen and oxygen atoms in total. The maximum Gasteiger partial charge on any atom is 0.221 e. The molecule has 1 heterocycles. The van der Waals surface area contributed by atoms with Gasteiger partial charge < -0.3 is 10.6 Å². The molecule has 0 radical (unpaired) electrons. The molecular formula is C13H24N2O. The van der Waals surface area contributed by atoms with E-state index in [9.17, 15) is 4.79 Å². The molecule has 2 aliphatic rings. The van der Waals surface area contributed by atoms with Crippen molar-refractivity contribution in [3.05, 3.63) is 0 Å². The first-order chi connectivity index (χ1) is 7.74. The van der Waals surface area contributed by atoms with Crippen LogP contribution in [0.1, 0.15) is 45.4 Å². The van der Waals surface area contributed by atoms with Crippen molar-refractivity contribution in [2.75, 3.05) is 13.1 Å². The minimum Gasteiger partial charge on any atom is -0.356 e. The van der Waals surface area contributed by atoms with Crippen LogP contribution in [-0.2, 0) is 4.79 Å². The topological polar surface area (TPSA) is 41.1 Å². The molecule has 0 bridgehead atoms. The van der Waals surface area contributed by atoms with E-state index >= 15 is 0 Å². The van der Waals surface area contributed by atoms with Gasteiger partial charge in [-0.2, -0.15) is 0 Å². The Kier molecular flexibility index (Phi) is 4.22. The molecule has 16 heavy (non-hydrogen) atoms. The maximum atomic E-state index is 11.7. The van der Waals surface area contributed by atoms with Crippen LogP contribution in [0.4, 0.5) is 0 Å². The number of hydrogen-bond donors (Lipinski definition) is 2. The van der Waals surface area contributed by atoms with Crippen molar-refractivity contribution in [3.63, 3.8) is 0 Å². The molecule has 1 amide bonds. The molecule has 3 atom stereocenters. The van der Waals surface area contributed by atoms with E-state index in [0.717, 1.165) is 31.3 Å². The standard InChI is InChI=1S/C13H24N2O/c1-10-4-5-11(7-10)9-15-13(16)8-12-3-2-6-14-12/h10-12,14H,2-9H2,1H3,(H,15,16). The first-order valence-electron chi connectivity index (χ1n) is 6.74. The summed E-state index contributed by atoms with van der Waals surface area (Å²) in [5, 5.41) is 6.45. The van der Waals surface area contributed by atoms with Gasteiger partial charge in [-0.05, 0) is 44.1 Å². The maximum absolute atomic E-state index is 11.7. The Labute approximate surface area is 98.4 Å². The highest BCUT2D eigenvalue weighted by molar-refractivity contribution is 5.76. The molecular weight excluding hydrogens is 200 g/mol. The number of amides is 1. The molecule has 2 N–H and O–H groups in total. The second kappa shape index (κ2) is 5.67. The fraction of sp³-hybridized carbons (Fsp3) is 0.923. The fourth-order valence-electron chi connectivity index (χ4n) is 3.00. The summed E-state index contributed by atoms with van der Waals surface area (Å²) < 4.78 is 0. The lowest BCUT2D eigenvalue weighted by Crippen LogP contribution is -2.34. The van der Waals surface area contributed by atoms with Crippen LogP contribution in [0.15, 0.2) is 0 Å². The zero-order valence-corrected chi connectivity index (χ0v) is 10.3. The molecule has 0 aromatic carbocycles. The summed E-state index contributed by atoms with van der Waals surface area (Å²) in [4.78, 5) is 11.7. The molecule has 92 valence electrons. The molecule has 0 aromatic heterocycles. The van der Waals surface area contributed by atoms with E-state index in [0.29, 0.717) is 12.5 Å². The van der Waals surface area contributed by atoms with Gasteiger partial charge in [-0.3, -0.25) is 4.79 Å². The van der Waals surface area contributed by atoms with Crippen molar-refractivity contribution < 1.29 is 4.79 Å². The van der Waals surface area contributed by atoms with E-state index < -0.39 is 0 Å². The molecule has 1 aliphatic heterocycles.